The maximum Gasteiger partial charge on any atom is 0.0931 e. The van der Waals surface area contributed by atoms with E-state index < -0.39 is 0 Å². The Morgan fingerprint density at radius 1 is 1.39 bits per heavy atom. The van der Waals surface area contributed by atoms with E-state index in [0.29, 0.717) is 12.1 Å². The number of hydrogen-bond donors (Lipinski definition) is 3. The van der Waals surface area contributed by atoms with Gasteiger partial charge in [-0.1, -0.05) is 12.5 Å². The molecular formula is C14H20N4. The van der Waals surface area contributed by atoms with Crippen LogP contribution in [0, 0.1) is 0 Å². The van der Waals surface area contributed by atoms with Crippen molar-refractivity contribution < 1.29 is 0 Å². The van der Waals surface area contributed by atoms with Gasteiger partial charge in [0.25, 0.3) is 0 Å². The SMILES string of the molecule is CNC(c1ccc2nc[nH]c2c1)C1CCCCN1. The summed E-state index contributed by atoms with van der Waals surface area (Å²) in [6, 6.07) is 7.39. The third kappa shape index (κ3) is 2.13. The molecule has 4 nitrogen and oxygen atoms in total. The van der Waals surface area contributed by atoms with Gasteiger partial charge in [-0.15, -0.1) is 0 Å². The molecule has 1 aromatic heterocycles. The molecule has 0 spiro atoms. The predicted molar refractivity (Wildman–Crippen MR) is 73.5 cm³/mol. The number of aromatic amines is 1. The Kier molecular flexibility index (Phi) is 3.30. The number of piperidine rings is 1. The van der Waals surface area contributed by atoms with Crippen molar-refractivity contribution in [3.8, 4) is 0 Å². The van der Waals surface area contributed by atoms with E-state index in [1.54, 1.807) is 6.33 Å². The molecule has 0 bridgehead atoms. The highest BCUT2D eigenvalue weighted by atomic mass is 15.0. The molecule has 1 aliphatic heterocycles. The van der Waals surface area contributed by atoms with Crippen LogP contribution in [0.4, 0.5) is 0 Å². The molecule has 1 aromatic carbocycles. The zero-order chi connectivity index (χ0) is 12.4. The Morgan fingerprint density at radius 3 is 3.11 bits per heavy atom. The van der Waals surface area contributed by atoms with Gasteiger partial charge >= 0.3 is 0 Å². The number of fused-ring (bicyclic) bond motifs is 1. The summed E-state index contributed by atoms with van der Waals surface area (Å²) in [5, 5.41) is 7.07. The summed E-state index contributed by atoms with van der Waals surface area (Å²) in [5.41, 5.74) is 3.47. The summed E-state index contributed by atoms with van der Waals surface area (Å²) in [4.78, 5) is 7.45. The lowest BCUT2D eigenvalue weighted by atomic mass is 9.92. The lowest BCUT2D eigenvalue weighted by Crippen LogP contribution is -2.43. The van der Waals surface area contributed by atoms with Gasteiger partial charge in [0.05, 0.1) is 17.4 Å². The van der Waals surface area contributed by atoms with E-state index in [-0.39, 0.29) is 0 Å². The predicted octanol–water partition coefficient (Wildman–Crippen LogP) is 1.97. The number of imidazole rings is 1. The van der Waals surface area contributed by atoms with E-state index in [0.717, 1.165) is 17.6 Å². The Hall–Kier alpha value is -1.39. The summed E-state index contributed by atoms with van der Waals surface area (Å²) in [7, 11) is 2.04. The third-order valence-corrected chi connectivity index (χ3v) is 3.87. The fourth-order valence-corrected chi connectivity index (χ4v) is 2.91. The minimum absolute atomic E-state index is 0.373. The molecule has 2 aromatic rings. The molecular weight excluding hydrogens is 224 g/mol. The van der Waals surface area contributed by atoms with Crippen molar-refractivity contribution in [2.45, 2.75) is 31.3 Å². The monoisotopic (exact) mass is 244 g/mol. The van der Waals surface area contributed by atoms with Crippen LogP contribution in [0.2, 0.25) is 0 Å². The second kappa shape index (κ2) is 5.08. The van der Waals surface area contributed by atoms with Crippen LogP contribution in [-0.2, 0) is 0 Å². The van der Waals surface area contributed by atoms with Crippen LogP contribution in [0.5, 0.6) is 0 Å². The van der Waals surface area contributed by atoms with Gasteiger partial charge in [0.2, 0.25) is 0 Å². The van der Waals surface area contributed by atoms with E-state index in [2.05, 4.69) is 38.8 Å². The van der Waals surface area contributed by atoms with Crippen LogP contribution in [0.3, 0.4) is 0 Å². The average Bonchev–Trinajstić information content (AvgIpc) is 2.88. The molecule has 1 fully saturated rings. The number of rotatable bonds is 3. The molecule has 96 valence electrons. The number of aromatic nitrogens is 2. The van der Waals surface area contributed by atoms with E-state index in [1.807, 2.05) is 7.05 Å². The zero-order valence-electron chi connectivity index (χ0n) is 10.7. The van der Waals surface area contributed by atoms with Gasteiger partial charge in [-0.05, 0) is 44.1 Å². The largest absolute Gasteiger partial charge is 0.345 e. The van der Waals surface area contributed by atoms with Crippen LogP contribution in [-0.4, -0.2) is 29.6 Å². The molecule has 2 heterocycles. The molecule has 3 N–H and O–H groups in total. The number of H-pyrrole nitrogens is 1. The zero-order valence-corrected chi connectivity index (χ0v) is 10.7. The lowest BCUT2D eigenvalue weighted by molar-refractivity contribution is 0.326. The number of nitrogens with one attached hydrogen (secondary N) is 3. The first-order valence-corrected chi connectivity index (χ1v) is 6.72. The first kappa shape index (κ1) is 11.7. The highest BCUT2D eigenvalue weighted by molar-refractivity contribution is 5.75. The van der Waals surface area contributed by atoms with Crippen molar-refractivity contribution in [3.63, 3.8) is 0 Å². The maximum atomic E-state index is 4.27. The normalized spacial score (nSPS) is 22.2. The van der Waals surface area contributed by atoms with Crippen LogP contribution >= 0.6 is 0 Å². The standard InChI is InChI=1S/C14H20N4/c1-15-14(12-4-2-3-7-16-12)10-5-6-11-13(8-10)18-9-17-11/h5-6,8-9,12,14-16H,2-4,7H2,1H3,(H,17,18). The van der Waals surface area contributed by atoms with E-state index in [4.69, 9.17) is 0 Å². The van der Waals surface area contributed by atoms with E-state index >= 15 is 0 Å². The van der Waals surface area contributed by atoms with Gasteiger partial charge in [-0.2, -0.15) is 0 Å². The van der Waals surface area contributed by atoms with E-state index in [1.165, 1.54) is 24.8 Å². The number of benzene rings is 1. The third-order valence-electron chi connectivity index (χ3n) is 3.87. The molecule has 2 unspecified atom stereocenters. The van der Waals surface area contributed by atoms with Crippen molar-refractivity contribution in [1.82, 2.24) is 20.6 Å². The number of hydrogen-bond acceptors (Lipinski definition) is 3. The average molecular weight is 244 g/mol. The molecule has 0 radical (unpaired) electrons. The van der Waals surface area contributed by atoms with Crippen LogP contribution in [0.15, 0.2) is 24.5 Å². The first-order chi connectivity index (χ1) is 8.88. The maximum absolute atomic E-state index is 4.27. The summed E-state index contributed by atoms with van der Waals surface area (Å²) in [5.74, 6) is 0. The summed E-state index contributed by atoms with van der Waals surface area (Å²) >= 11 is 0. The smallest absolute Gasteiger partial charge is 0.0931 e. The van der Waals surface area contributed by atoms with Gasteiger partial charge in [0.15, 0.2) is 0 Å². The molecule has 18 heavy (non-hydrogen) atoms. The highest BCUT2D eigenvalue weighted by Crippen LogP contribution is 2.24. The van der Waals surface area contributed by atoms with Crippen molar-refractivity contribution in [1.29, 1.82) is 0 Å². The molecule has 3 rings (SSSR count). The first-order valence-electron chi connectivity index (χ1n) is 6.72. The molecule has 0 saturated carbocycles. The van der Waals surface area contributed by atoms with Crippen LogP contribution < -0.4 is 10.6 Å². The summed E-state index contributed by atoms with van der Waals surface area (Å²) < 4.78 is 0. The van der Waals surface area contributed by atoms with Crippen molar-refractivity contribution in [2.24, 2.45) is 0 Å². The molecule has 0 aliphatic carbocycles. The van der Waals surface area contributed by atoms with Crippen molar-refractivity contribution in [2.75, 3.05) is 13.6 Å². The van der Waals surface area contributed by atoms with Gasteiger partial charge < -0.3 is 15.6 Å². The van der Waals surface area contributed by atoms with Crippen LogP contribution in [0.1, 0.15) is 30.9 Å². The fraction of sp³-hybridized carbons (Fsp3) is 0.500. The molecule has 2 atom stereocenters. The molecule has 4 heteroatoms. The lowest BCUT2D eigenvalue weighted by Gasteiger charge is -2.31. The minimum Gasteiger partial charge on any atom is -0.345 e. The molecule has 1 saturated heterocycles. The fourth-order valence-electron chi connectivity index (χ4n) is 2.91. The number of likely N-dealkylation sites (N-methyl/N-ethyl adjacent to an activating group) is 1. The Balaban J connectivity index is 1.89. The quantitative estimate of drug-likeness (QED) is 0.773. The second-order valence-electron chi connectivity index (χ2n) is 5.00. The van der Waals surface area contributed by atoms with Crippen molar-refractivity contribution >= 4 is 11.0 Å². The van der Waals surface area contributed by atoms with Crippen molar-refractivity contribution in [3.05, 3.63) is 30.1 Å². The summed E-state index contributed by atoms with van der Waals surface area (Å²) in [6.45, 7) is 1.13. The van der Waals surface area contributed by atoms with Gasteiger partial charge in [0.1, 0.15) is 0 Å². The van der Waals surface area contributed by atoms with Gasteiger partial charge in [-0.3, -0.25) is 0 Å². The Labute approximate surface area is 107 Å². The Morgan fingerprint density at radius 2 is 2.33 bits per heavy atom. The minimum atomic E-state index is 0.373. The number of nitrogens with zero attached hydrogens (tertiary/aromatic N) is 1. The van der Waals surface area contributed by atoms with E-state index in [9.17, 15) is 0 Å². The van der Waals surface area contributed by atoms with Gasteiger partial charge in [0, 0.05) is 12.1 Å². The summed E-state index contributed by atoms with van der Waals surface area (Å²) in [6.07, 6.45) is 5.61. The second-order valence-corrected chi connectivity index (χ2v) is 5.00. The topological polar surface area (TPSA) is 52.7 Å². The highest BCUT2D eigenvalue weighted by Gasteiger charge is 2.23. The molecule has 1 aliphatic rings. The van der Waals surface area contributed by atoms with Gasteiger partial charge in [-0.25, -0.2) is 4.98 Å². The Bertz CT molecular complexity index is 513. The molecule has 0 amide bonds. The van der Waals surface area contributed by atoms with Crippen LogP contribution in [0.25, 0.3) is 11.0 Å².